The topological polar surface area (TPSA) is 93.9 Å². The minimum absolute atomic E-state index is 0. The lowest BCUT2D eigenvalue weighted by Crippen LogP contribution is -2.36. The van der Waals surface area contributed by atoms with Gasteiger partial charge in [0.2, 0.25) is 5.91 Å². The van der Waals surface area contributed by atoms with Crippen LogP contribution in [0, 0.1) is 5.92 Å². The van der Waals surface area contributed by atoms with Crippen molar-refractivity contribution in [2.24, 2.45) is 11.7 Å². The maximum atomic E-state index is 13.1. The molecule has 2 aliphatic rings. The Bertz CT molecular complexity index is 707. The van der Waals surface area contributed by atoms with Gasteiger partial charge in [-0.2, -0.15) is 0 Å². The first-order chi connectivity index (χ1) is 13.0. The van der Waals surface area contributed by atoms with E-state index in [9.17, 15) is 9.59 Å². The number of halogens is 1. The standard InChI is InChI=1S/C20H29N3O4.ClH/c1-26-17-11-15(20(25)23-8-4-3-5-9-23)16(12-18(17)27-2)22-19(24)13-6-7-14(21)10-13;/h11-14H,3-10,21H2,1-2H3,(H,22,24);1H. The van der Waals surface area contributed by atoms with E-state index in [1.54, 1.807) is 12.1 Å². The number of hydrogen-bond acceptors (Lipinski definition) is 5. The van der Waals surface area contributed by atoms with Crippen molar-refractivity contribution in [1.29, 1.82) is 0 Å². The Labute approximate surface area is 172 Å². The number of nitrogens with zero attached hydrogens (tertiary/aromatic N) is 1. The van der Waals surface area contributed by atoms with Crippen LogP contribution >= 0.6 is 12.4 Å². The van der Waals surface area contributed by atoms with Gasteiger partial charge < -0.3 is 25.4 Å². The third kappa shape index (κ3) is 4.89. The van der Waals surface area contributed by atoms with Gasteiger partial charge in [0, 0.05) is 31.1 Å². The molecule has 1 heterocycles. The molecule has 2 fully saturated rings. The zero-order valence-electron chi connectivity index (χ0n) is 16.5. The third-order valence-corrected chi connectivity index (χ3v) is 5.50. The average Bonchev–Trinajstić information content (AvgIpc) is 3.14. The van der Waals surface area contributed by atoms with E-state index in [-0.39, 0.29) is 36.2 Å². The zero-order valence-corrected chi connectivity index (χ0v) is 17.3. The van der Waals surface area contributed by atoms with E-state index in [0.717, 1.165) is 45.2 Å². The first-order valence-electron chi connectivity index (χ1n) is 9.65. The largest absolute Gasteiger partial charge is 0.493 e. The normalized spacial score (nSPS) is 21.6. The van der Waals surface area contributed by atoms with Crippen molar-refractivity contribution in [2.45, 2.75) is 44.6 Å². The van der Waals surface area contributed by atoms with Crippen LogP contribution in [0.4, 0.5) is 5.69 Å². The first kappa shape index (κ1) is 22.3. The Morgan fingerprint density at radius 1 is 1.07 bits per heavy atom. The number of benzene rings is 1. The van der Waals surface area contributed by atoms with E-state index in [1.165, 1.54) is 14.2 Å². The maximum absolute atomic E-state index is 13.1. The van der Waals surface area contributed by atoms with Gasteiger partial charge in [0.1, 0.15) is 0 Å². The van der Waals surface area contributed by atoms with Crippen molar-refractivity contribution in [3.05, 3.63) is 17.7 Å². The van der Waals surface area contributed by atoms with Crippen molar-refractivity contribution in [2.75, 3.05) is 32.6 Å². The second-order valence-electron chi connectivity index (χ2n) is 7.36. The lowest BCUT2D eigenvalue weighted by atomic mass is 10.0. The minimum atomic E-state index is -0.119. The quantitative estimate of drug-likeness (QED) is 0.776. The Balaban J connectivity index is 0.00000280. The van der Waals surface area contributed by atoms with Crippen LogP contribution in [0.5, 0.6) is 11.5 Å². The predicted octanol–water partition coefficient (Wildman–Crippen LogP) is 2.82. The number of methoxy groups -OCH3 is 2. The second kappa shape index (κ2) is 9.98. The average molecular weight is 412 g/mol. The summed E-state index contributed by atoms with van der Waals surface area (Å²) in [6.45, 7) is 1.47. The summed E-state index contributed by atoms with van der Waals surface area (Å²) in [4.78, 5) is 27.6. The molecule has 8 heteroatoms. The minimum Gasteiger partial charge on any atom is -0.493 e. The highest BCUT2D eigenvalue weighted by atomic mass is 35.5. The summed E-state index contributed by atoms with van der Waals surface area (Å²) < 4.78 is 10.7. The van der Waals surface area contributed by atoms with E-state index < -0.39 is 0 Å². The highest BCUT2D eigenvalue weighted by Gasteiger charge is 2.30. The molecule has 2 unspecified atom stereocenters. The number of rotatable bonds is 5. The summed E-state index contributed by atoms with van der Waals surface area (Å²) in [5.41, 5.74) is 6.84. The number of carbonyl (C=O) groups is 2. The Morgan fingerprint density at radius 2 is 1.71 bits per heavy atom. The van der Waals surface area contributed by atoms with Gasteiger partial charge in [-0.05, 0) is 44.6 Å². The molecule has 0 bridgehead atoms. The fourth-order valence-corrected chi connectivity index (χ4v) is 3.92. The molecule has 1 saturated heterocycles. The molecule has 0 aromatic heterocycles. The van der Waals surface area contributed by atoms with E-state index in [4.69, 9.17) is 15.2 Å². The van der Waals surface area contributed by atoms with Crippen LogP contribution in [0.15, 0.2) is 12.1 Å². The van der Waals surface area contributed by atoms with Crippen LogP contribution in [-0.4, -0.2) is 50.1 Å². The smallest absolute Gasteiger partial charge is 0.256 e. The van der Waals surface area contributed by atoms with E-state index in [2.05, 4.69) is 5.32 Å². The summed E-state index contributed by atoms with van der Waals surface area (Å²) in [7, 11) is 3.07. The van der Waals surface area contributed by atoms with Crippen LogP contribution in [0.2, 0.25) is 0 Å². The molecule has 1 aliphatic carbocycles. The highest BCUT2D eigenvalue weighted by Crippen LogP contribution is 2.35. The molecule has 7 nitrogen and oxygen atoms in total. The molecule has 1 aliphatic heterocycles. The van der Waals surface area contributed by atoms with Crippen molar-refractivity contribution in [3.8, 4) is 11.5 Å². The molecule has 3 N–H and O–H groups in total. The van der Waals surface area contributed by atoms with Gasteiger partial charge in [0.15, 0.2) is 11.5 Å². The molecule has 3 rings (SSSR count). The maximum Gasteiger partial charge on any atom is 0.256 e. The van der Waals surface area contributed by atoms with E-state index in [1.807, 2.05) is 4.90 Å². The number of nitrogens with one attached hydrogen (secondary N) is 1. The van der Waals surface area contributed by atoms with Gasteiger partial charge in [-0.1, -0.05) is 0 Å². The molecule has 156 valence electrons. The Kier molecular flexibility index (Phi) is 7.95. The fraction of sp³-hybridized carbons (Fsp3) is 0.600. The van der Waals surface area contributed by atoms with Crippen molar-refractivity contribution in [1.82, 2.24) is 4.90 Å². The number of piperidine rings is 1. The van der Waals surface area contributed by atoms with E-state index >= 15 is 0 Å². The second-order valence-corrected chi connectivity index (χ2v) is 7.36. The first-order valence-corrected chi connectivity index (χ1v) is 9.65. The van der Waals surface area contributed by atoms with Gasteiger partial charge >= 0.3 is 0 Å². The number of nitrogens with two attached hydrogens (primary N) is 1. The summed E-state index contributed by atoms with van der Waals surface area (Å²) in [6, 6.07) is 3.40. The van der Waals surface area contributed by atoms with Crippen LogP contribution in [0.3, 0.4) is 0 Å². The molecule has 1 aromatic rings. The number of hydrogen-bond donors (Lipinski definition) is 2. The zero-order chi connectivity index (χ0) is 19.4. The lowest BCUT2D eigenvalue weighted by molar-refractivity contribution is -0.119. The molecule has 1 saturated carbocycles. The number of anilines is 1. The monoisotopic (exact) mass is 411 g/mol. The van der Waals surface area contributed by atoms with Crippen LogP contribution < -0.4 is 20.5 Å². The van der Waals surface area contributed by atoms with Gasteiger partial charge in [0.05, 0.1) is 25.5 Å². The third-order valence-electron chi connectivity index (χ3n) is 5.50. The van der Waals surface area contributed by atoms with Crippen LogP contribution in [-0.2, 0) is 4.79 Å². The Hall–Kier alpha value is -1.99. The van der Waals surface area contributed by atoms with Gasteiger partial charge in [0.25, 0.3) is 5.91 Å². The number of amides is 2. The Morgan fingerprint density at radius 3 is 2.29 bits per heavy atom. The predicted molar refractivity (Wildman–Crippen MR) is 110 cm³/mol. The molecular formula is C20H30ClN3O4. The van der Waals surface area contributed by atoms with E-state index in [0.29, 0.717) is 29.2 Å². The number of likely N-dealkylation sites (tertiary alicyclic amines) is 1. The fourth-order valence-electron chi connectivity index (χ4n) is 3.92. The summed E-state index contributed by atoms with van der Waals surface area (Å²) in [5, 5.41) is 2.94. The summed E-state index contributed by atoms with van der Waals surface area (Å²) in [6.07, 6.45) is 5.44. The van der Waals surface area contributed by atoms with Gasteiger partial charge in [-0.3, -0.25) is 9.59 Å². The van der Waals surface area contributed by atoms with Crippen molar-refractivity contribution >= 4 is 29.9 Å². The molecule has 2 amide bonds. The van der Waals surface area contributed by atoms with Crippen LogP contribution in [0.25, 0.3) is 0 Å². The SMILES string of the molecule is COc1cc(NC(=O)C2CCC(N)C2)c(C(=O)N2CCCCC2)cc1OC.Cl. The number of ether oxygens (including phenoxy) is 2. The molecule has 28 heavy (non-hydrogen) atoms. The van der Waals surface area contributed by atoms with Crippen molar-refractivity contribution in [3.63, 3.8) is 0 Å². The number of carbonyl (C=O) groups excluding carboxylic acids is 2. The van der Waals surface area contributed by atoms with Crippen molar-refractivity contribution < 1.29 is 19.1 Å². The van der Waals surface area contributed by atoms with Gasteiger partial charge in [-0.25, -0.2) is 0 Å². The lowest BCUT2D eigenvalue weighted by Gasteiger charge is -2.28. The van der Waals surface area contributed by atoms with Gasteiger partial charge in [-0.15, -0.1) is 12.4 Å². The molecule has 0 radical (unpaired) electrons. The van der Waals surface area contributed by atoms with Crippen LogP contribution in [0.1, 0.15) is 48.9 Å². The summed E-state index contributed by atoms with van der Waals surface area (Å²) in [5.74, 6) is 0.646. The highest BCUT2D eigenvalue weighted by molar-refractivity contribution is 6.05. The molecule has 0 spiro atoms. The summed E-state index contributed by atoms with van der Waals surface area (Å²) >= 11 is 0. The molecule has 2 atom stereocenters. The molecule has 1 aromatic carbocycles. The molecular weight excluding hydrogens is 382 g/mol.